The number of rotatable bonds is 7. The summed E-state index contributed by atoms with van der Waals surface area (Å²) in [6, 6.07) is 15.9. The zero-order chi connectivity index (χ0) is 26.9. The van der Waals surface area contributed by atoms with Gasteiger partial charge in [0.1, 0.15) is 36.3 Å². The molecule has 10 atom stereocenters. The Balaban J connectivity index is 1.57. The second-order valence-corrected chi connectivity index (χ2v) is 8.59. The summed E-state index contributed by atoms with van der Waals surface area (Å²) in [4.78, 5) is 23.0. The van der Waals surface area contributed by atoms with Gasteiger partial charge in [-0.1, -0.05) is 42.5 Å². The number of carboxylic acids is 2. The zero-order valence-corrected chi connectivity index (χ0v) is 19.0. The molecule has 2 aromatic rings. The van der Waals surface area contributed by atoms with Crippen molar-refractivity contribution in [1.82, 2.24) is 0 Å². The first-order valence-corrected chi connectivity index (χ1v) is 11.2. The molecule has 2 aliphatic heterocycles. The molecule has 4 rings (SSSR count). The summed E-state index contributed by atoms with van der Waals surface area (Å²) in [6.45, 7) is 0. The summed E-state index contributed by atoms with van der Waals surface area (Å²) < 4.78 is 21.6. The third kappa shape index (κ3) is 5.58. The number of hydrogen-bond acceptors (Lipinski definition) is 11. The molecule has 0 spiro atoms. The Morgan fingerprint density at radius 3 is 1.70 bits per heavy atom. The Hall–Kier alpha value is -3.14. The van der Waals surface area contributed by atoms with Crippen molar-refractivity contribution in [3.63, 3.8) is 0 Å². The molecule has 2 fully saturated rings. The molecule has 0 aromatic heterocycles. The molecule has 0 unspecified atom stereocenters. The van der Waals surface area contributed by atoms with E-state index in [1.54, 1.807) is 24.3 Å². The Morgan fingerprint density at radius 2 is 1.14 bits per heavy atom. The van der Waals surface area contributed by atoms with Gasteiger partial charge in [0.25, 0.3) is 0 Å². The van der Waals surface area contributed by atoms with Crippen molar-refractivity contribution in [2.24, 2.45) is 0 Å². The molecular weight excluding hydrogens is 496 g/mol. The van der Waals surface area contributed by atoms with Crippen molar-refractivity contribution >= 4 is 11.9 Å². The van der Waals surface area contributed by atoms with Crippen LogP contribution < -0.4 is 4.74 Å². The van der Waals surface area contributed by atoms with Crippen molar-refractivity contribution in [3.8, 4) is 16.9 Å². The third-order valence-corrected chi connectivity index (χ3v) is 6.11. The smallest absolute Gasteiger partial charge is 0.335 e. The summed E-state index contributed by atoms with van der Waals surface area (Å²) in [7, 11) is 0. The Kier molecular flexibility index (Phi) is 8.06. The second kappa shape index (κ2) is 11.1. The van der Waals surface area contributed by atoms with E-state index in [4.69, 9.17) is 18.9 Å². The number of carbonyl (C=O) groups is 2. The first-order chi connectivity index (χ1) is 17.6. The van der Waals surface area contributed by atoms with Gasteiger partial charge in [0.2, 0.25) is 6.29 Å². The minimum Gasteiger partial charge on any atom is -0.479 e. The third-order valence-electron chi connectivity index (χ3n) is 6.11. The molecule has 0 saturated carbocycles. The second-order valence-electron chi connectivity index (χ2n) is 8.59. The lowest BCUT2D eigenvalue weighted by atomic mass is 9.97. The number of benzene rings is 2. The lowest BCUT2D eigenvalue weighted by Gasteiger charge is -2.44. The maximum Gasteiger partial charge on any atom is 0.335 e. The van der Waals surface area contributed by atoms with E-state index in [0.29, 0.717) is 0 Å². The average molecular weight is 522 g/mol. The summed E-state index contributed by atoms with van der Waals surface area (Å²) in [6.07, 6.45) is -19.2. The summed E-state index contributed by atoms with van der Waals surface area (Å²) >= 11 is 0. The van der Waals surface area contributed by atoms with E-state index in [9.17, 15) is 45.3 Å². The van der Waals surface area contributed by atoms with E-state index in [1.807, 2.05) is 30.3 Å². The molecule has 7 N–H and O–H groups in total. The normalized spacial score (nSPS) is 36.0. The fourth-order valence-corrected chi connectivity index (χ4v) is 4.09. The average Bonchev–Trinajstić information content (AvgIpc) is 2.88. The SMILES string of the molecule is O=C(O)[C@H]1O[C@@H](O[C@H]2[C@H](Oc3ccc(-c4ccccc4)cc3)O[C@H](C(=O)O)[C@@H](O)[C@@H]2O)[C@H](O)[C@@H](O)[C@@H]1O. The van der Waals surface area contributed by atoms with Crippen LogP contribution in [0, 0.1) is 0 Å². The molecular formula is C24H26O13. The fraction of sp³-hybridized carbons (Fsp3) is 0.417. The zero-order valence-electron chi connectivity index (χ0n) is 19.0. The van der Waals surface area contributed by atoms with Crippen molar-refractivity contribution in [2.75, 3.05) is 0 Å². The molecule has 37 heavy (non-hydrogen) atoms. The highest BCUT2D eigenvalue weighted by molar-refractivity contribution is 5.74. The van der Waals surface area contributed by atoms with Gasteiger partial charge in [-0.2, -0.15) is 0 Å². The highest BCUT2D eigenvalue weighted by atomic mass is 16.8. The topological polar surface area (TPSA) is 213 Å². The Labute approximate surface area is 209 Å². The number of aliphatic carboxylic acids is 2. The quantitative estimate of drug-likeness (QED) is 0.222. The summed E-state index contributed by atoms with van der Waals surface area (Å²) in [5.74, 6) is -3.10. The Morgan fingerprint density at radius 1 is 0.622 bits per heavy atom. The lowest BCUT2D eigenvalue weighted by molar-refractivity contribution is -0.350. The highest BCUT2D eigenvalue weighted by Gasteiger charge is 2.54. The van der Waals surface area contributed by atoms with Crippen LogP contribution in [0.3, 0.4) is 0 Å². The van der Waals surface area contributed by atoms with Gasteiger partial charge >= 0.3 is 11.9 Å². The van der Waals surface area contributed by atoms with Gasteiger partial charge in [-0.3, -0.25) is 0 Å². The van der Waals surface area contributed by atoms with Crippen LogP contribution in [0.4, 0.5) is 0 Å². The van der Waals surface area contributed by atoms with Gasteiger partial charge in [0.05, 0.1) is 0 Å². The van der Waals surface area contributed by atoms with Crippen molar-refractivity contribution in [3.05, 3.63) is 54.6 Å². The van der Waals surface area contributed by atoms with Gasteiger partial charge < -0.3 is 54.7 Å². The van der Waals surface area contributed by atoms with Crippen LogP contribution in [0.15, 0.2) is 54.6 Å². The maximum atomic E-state index is 11.6. The largest absolute Gasteiger partial charge is 0.479 e. The number of hydrogen-bond donors (Lipinski definition) is 7. The van der Waals surface area contributed by atoms with Crippen LogP contribution in [0.1, 0.15) is 0 Å². The standard InChI is InChI=1S/C24H26O13/c25-13-14(26)18(21(30)31)35-23(17(13)29)37-20-16(28)15(27)19(22(32)33)36-24(20)34-12-8-6-11(7-9-12)10-4-2-1-3-5-10/h1-9,13-20,23-29H,(H,30,31)(H,32,33)/t13-,14-,15-,16-,17+,18-,19-,20+,23-,24+/m0/s1. The molecule has 0 amide bonds. The van der Waals surface area contributed by atoms with E-state index in [-0.39, 0.29) is 5.75 Å². The van der Waals surface area contributed by atoms with Crippen LogP contribution in [0.25, 0.3) is 11.1 Å². The van der Waals surface area contributed by atoms with Crippen LogP contribution in [0.5, 0.6) is 5.75 Å². The van der Waals surface area contributed by atoms with Crippen LogP contribution in [0.2, 0.25) is 0 Å². The monoisotopic (exact) mass is 522 g/mol. The van der Waals surface area contributed by atoms with Crippen molar-refractivity contribution < 1.29 is 64.3 Å². The summed E-state index contributed by atoms with van der Waals surface area (Å²) in [5, 5.41) is 69.7. The van der Waals surface area contributed by atoms with Crippen molar-refractivity contribution in [2.45, 2.75) is 61.4 Å². The molecule has 200 valence electrons. The van der Waals surface area contributed by atoms with Crippen LogP contribution in [-0.2, 0) is 23.8 Å². The van der Waals surface area contributed by atoms with Crippen LogP contribution >= 0.6 is 0 Å². The first kappa shape index (κ1) is 26.9. The molecule has 2 heterocycles. The minimum atomic E-state index is -2.01. The van der Waals surface area contributed by atoms with E-state index in [1.165, 1.54) is 0 Å². The maximum absolute atomic E-state index is 11.6. The minimum absolute atomic E-state index is 0.162. The number of carboxylic acid groups (broad SMARTS) is 2. The van der Waals surface area contributed by atoms with E-state index >= 15 is 0 Å². The number of aliphatic hydroxyl groups is 5. The fourth-order valence-electron chi connectivity index (χ4n) is 4.09. The van der Waals surface area contributed by atoms with Gasteiger partial charge in [0, 0.05) is 0 Å². The van der Waals surface area contributed by atoms with Gasteiger partial charge in [-0.15, -0.1) is 0 Å². The van der Waals surface area contributed by atoms with Gasteiger partial charge in [-0.05, 0) is 23.3 Å². The predicted octanol–water partition coefficient (Wildman–Crippen LogP) is -1.46. The van der Waals surface area contributed by atoms with E-state index in [2.05, 4.69) is 0 Å². The van der Waals surface area contributed by atoms with Gasteiger partial charge in [0.15, 0.2) is 24.6 Å². The molecule has 0 radical (unpaired) electrons. The van der Waals surface area contributed by atoms with E-state index in [0.717, 1.165) is 11.1 Å². The molecule has 13 heteroatoms. The van der Waals surface area contributed by atoms with Crippen molar-refractivity contribution in [1.29, 1.82) is 0 Å². The Bertz CT molecular complexity index is 1080. The molecule has 13 nitrogen and oxygen atoms in total. The number of ether oxygens (including phenoxy) is 4. The molecule has 2 aromatic carbocycles. The molecule has 2 aliphatic rings. The predicted molar refractivity (Wildman–Crippen MR) is 120 cm³/mol. The molecule has 2 saturated heterocycles. The van der Waals surface area contributed by atoms with Gasteiger partial charge in [-0.25, -0.2) is 9.59 Å². The summed E-state index contributed by atoms with van der Waals surface area (Å²) in [5.41, 5.74) is 1.76. The lowest BCUT2D eigenvalue weighted by Crippen LogP contribution is -2.66. The van der Waals surface area contributed by atoms with Crippen LogP contribution in [-0.4, -0.2) is 109 Å². The molecule has 0 bridgehead atoms. The molecule has 0 aliphatic carbocycles. The van der Waals surface area contributed by atoms with E-state index < -0.39 is 73.4 Å². The number of aliphatic hydroxyl groups excluding tert-OH is 5. The highest BCUT2D eigenvalue weighted by Crippen LogP contribution is 2.31. The first-order valence-electron chi connectivity index (χ1n) is 11.2.